The van der Waals surface area contributed by atoms with Crippen LogP contribution in [0.25, 0.3) is 16.6 Å². The number of hydrogen-bond acceptors (Lipinski definition) is 6. The Hall–Kier alpha value is -4.33. The van der Waals surface area contributed by atoms with E-state index in [0.29, 0.717) is 40.5 Å². The molecule has 2 aliphatic heterocycles. The number of carbonyl (C=O) groups excluding carboxylic acids is 1. The Morgan fingerprint density at radius 1 is 0.943 bits per heavy atom. The van der Waals surface area contributed by atoms with Crippen LogP contribution in [0.15, 0.2) is 71.5 Å². The zero-order valence-electron chi connectivity index (χ0n) is 19.1. The van der Waals surface area contributed by atoms with Gasteiger partial charge < -0.3 is 19.7 Å². The molecule has 0 unspecified atom stereocenters. The molecule has 0 saturated carbocycles. The standard InChI is InChI=1S/C27H24N4O4/c32-25(28-16-18-8-11-23-24(14-18)35-17-34-23)19-9-10-21-22(15-19)29-27(30-12-4-5-13-30)31(26(21)33)20-6-2-1-3-7-20/h1-3,6-11,14-15H,4-5,12-13,16-17H2,(H,28,32). The molecule has 35 heavy (non-hydrogen) atoms. The molecular formula is C27H24N4O4. The highest BCUT2D eigenvalue weighted by Gasteiger charge is 2.22. The van der Waals surface area contributed by atoms with Gasteiger partial charge in [0.05, 0.1) is 16.6 Å². The monoisotopic (exact) mass is 468 g/mol. The minimum Gasteiger partial charge on any atom is -0.454 e. The first-order valence-electron chi connectivity index (χ1n) is 11.7. The van der Waals surface area contributed by atoms with Crippen LogP contribution < -0.4 is 25.2 Å². The van der Waals surface area contributed by atoms with Crippen LogP contribution in [0.3, 0.4) is 0 Å². The summed E-state index contributed by atoms with van der Waals surface area (Å²) in [6.07, 6.45) is 2.12. The number of anilines is 1. The average molecular weight is 469 g/mol. The lowest BCUT2D eigenvalue weighted by Gasteiger charge is -2.22. The number of amides is 1. The first-order valence-corrected chi connectivity index (χ1v) is 11.7. The van der Waals surface area contributed by atoms with Crippen LogP contribution in [0.5, 0.6) is 11.5 Å². The Bertz CT molecular complexity index is 1480. The van der Waals surface area contributed by atoms with Gasteiger partial charge in [-0.1, -0.05) is 24.3 Å². The van der Waals surface area contributed by atoms with Crippen molar-refractivity contribution in [1.29, 1.82) is 0 Å². The van der Waals surface area contributed by atoms with Crippen LogP contribution in [0, 0.1) is 0 Å². The number of fused-ring (bicyclic) bond motifs is 2. The van der Waals surface area contributed by atoms with E-state index in [-0.39, 0.29) is 18.3 Å². The van der Waals surface area contributed by atoms with Crippen molar-refractivity contribution in [3.05, 3.63) is 88.2 Å². The van der Waals surface area contributed by atoms with E-state index in [2.05, 4.69) is 10.2 Å². The summed E-state index contributed by atoms with van der Waals surface area (Å²) in [6.45, 7) is 2.25. The number of nitrogens with one attached hydrogen (secondary N) is 1. The minimum atomic E-state index is -0.235. The summed E-state index contributed by atoms with van der Waals surface area (Å²) < 4.78 is 12.4. The highest BCUT2D eigenvalue weighted by atomic mass is 16.7. The summed E-state index contributed by atoms with van der Waals surface area (Å²) in [5, 5.41) is 3.41. The fraction of sp³-hybridized carbons (Fsp3) is 0.222. The normalized spacial score (nSPS) is 14.5. The summed E-state index contributed by atoms with van der Waals surface area (Å²) in [4.78, 5) is 33.5. The molecule has 2 aliphatic rings. The fourth-order valence-corrected chi connectivity index (χ4v) is 4.59. The summed E-state index contributed by atoms with van der Waals surface area (Å²) in [6, 6.07) is 20.2. The van der Waals surface area contributed by atoms with Crippen molar-refractivity contribution in [1.82, 2.24) is 14.9 Å². The lowest BCUT2D eigenvalue weighted by Crippen LogP contribution is -2.30. The quantitative estimate of drug-likeness (QED) is 0.481. The molecule has 1 aromatic heterocycles. The van der Waals surface area contributed by atoms with Crippen LogP contribution in [0.2, 0.25) is 0 Å². The molecule has 0 radical (unpaired) electrons. The van der Waals surface area contributed by atoms with Crippen molar-refractivity contribution in [2.24, 2.45) is 0 Å². The fourth-order valence-electron chi connectivity index (χ4n) is 4.59. The van der Waals surface area contributed by atoms with Crippen LogP contribution in [-0.2, 0) is 6.54 Å². The topological polar surface area (TPSA) is 85.7 Å². The Morgan fingerprint density at radius 2 is 1.74 bits per heavy atom. The van der Waals surface area contributed by atoms with Crippen molar-refractivity contribution in [2.45, 2.75) is 19.4 Å². The van der Waals surface area contributed by atoms with E-state index in [0.717, 1.165) is 37.2 Å². The third kappa shape index (κ3) is 3.97. The van der Waals surface area contributed by atoms with Crippen molar-refractivity contribution in [3.8, 4) is 17.2 Å². The first kappa shape index (κ1) is 21.2. The summed E-state index contributed by atoms with van der Waals surface area (Å²) >= 11 is 0. The molecule has 1 N–H and O–H groups in total. The van der Waals surface area contributed by atoms with Crippen molar-refractivity contribution >= 4 is 22.8 Å². The molecule has 176 valence electrons. The molecule has 1 amide bonds. The van der Waals surface area contributed by atoms with Crippen molar-refractivity contribution < 1.29 is 14.3 Å². The van der Waals surface area contributed by atoms with Gasteiger partial charge in [0.15, 0.2) is 11.5 Å². The summed E-state index contributed by atoms with van der Waals surface area (Å²) in [5.74, 6) is 1.76. The number of para-hydroxylation sites is 1. The molecule has 0 spiro atoms. The molecule has 3 aromatic carbocycles. The highest BCUT2D eigenvalue weighted by molar-refractivity contribution is 5.97. The zero-order chi connectivity index (χ0) is 23.8. The lowest BCUT2D eigenvalue weighted by molar-refractivity contribution is 0.0951. The molecule has 8 nitrogen and oxygen atoms in total. The van der Waals surface area contributed by atoms with E-state index < -0.39 is 0 Å². The SMILES string of the molecule is O=C(NCc1ccc2c(c1)OCO2)c1ccc2c(=O)n(-c3ccccc3)c(N3CCCC3)nc2c1. The Kier molecular flexibility index (Phi) is 5.33. The maximum Gasteiger partial charge on any atom is 0.267 e. The molecule has 1 fully saturated rings. The van der Waals surface area contributed by atoms with Crippen LogP contribution >= 0.6 is 0 Å². The van der Waals surface area contributed by atoms with Gasteiger partial charge in [0.25, 0.3) is 11.5 Å². The number of carbonyl (C=O) groups is 1. The molecule has 6 rings (SSSR count). The highest BCUT2D eigenvalue weighted by Crippen LogP contribution is 2.32. The molecular weight excluding hydrogens is 444 g/mol. The second-order valence-electron chi connectivity index (χ2n) is 8.68. The van der Waals surface area contributed by atoms with Gasteiger partial charge in [0.1, 0.15) is 0 Å². The van der Waals surface area contributed by atoms with Crippen molar-refractivity contribution in [3.63, 3.8) is 0 Å². The van der Waals surface area contributed by atoms with E-state index in [1.54, 1.807) is 22.8 Å². The summed E-state index contributed by atoms with van der Waals surface area (Å²) in [7, 11) is 0. The molecule has 0 bridgehead atoms. The second kappa shape index (κ2) is 8.79. The van der Waals surface area contributed by atoms with E-state index in [1.165, 1.54) is 0 Å². The molecule has 3 heterocycles. The predicted octanol–water partition coefficient (Wildman–Crippen LogP) is 3.64. The van der Waals surface area contributed by atoms with Gasteiger partial charge in [0.2, 0.25) is 12.7 Å². The number of ether oxygens (including phenoxy) is 2. The maximum atomic E-state index is 13.6. The molecule has 0 atom stereocenters. The molecule has 8 heteroatoms. The van der Waals surface area contributed by atoms with Gasteiger partial charge in [-0.3, -0.25) is 9.59 Å². The van der Waals surface area contributed by atoms with Crippen molar-refractivity contribution in [2.75, 3.05) is 24.8 Å². The zero-order valence-corrected chi connectivity index (χ0v) is 19.1. The lowest BCUT2D eigenvalue weighted by atomic mass is 10.1. The van der Waals surface area contributed by atoms with Gasteiger partial charge in [-0.2, -0.15) is 0 Å². The molecule has 0 aliphatic carbocycles. The molecule has 1 saturated heterocycles. The number of benzene rings is 3. The third-order valence-electron chi connectivity index (χ3n) is 6.41. The van der Waals surface area contributed by atoms with Gasteiger partial charge in [-0.25, -0.2) is 9.55 Å². The van der Waals surface area contributed by atoms with Gasteiger partial charge >= 0.3 is 0 Å². The van der Waals surface area contributed by atoms with Gasteiger partial charge in [-0.15, -0.1) is 0 Å². The minimum absolute atomic E-state index is 0.143. The maximum absolute atomic E-state index is 13.6. The van der Waals surface area contributed by atoms with E-state index in [1.807, 2.05) is 48.5 Å². The van der Waals surface area contributed by atoms with E-state index in [9.17, 15) is 9.59 Å². The number of nitrogens with zero attached hydrogens (tertiary/aromatic N) is 3. The number of rotatable bonds is 5. The largest absolute Gasteiger partial charge is 0.454 e. The molecule has 4 aromatic rings. The van der Waals surface area contributed by atoms with Crippen LogP contribution in [-0.4, -0.2) is 35.3 Å². The number of hydrogen-bond donors (Lipinski definition) is 1. The Labute approximate surface area is 201 Å². The van der Waals surface area contributed by atoms with E-state index in [4.69, 9.17) is 14.5 Å². The van der Waals surface area contributed by atoms with E-state index >= 15 is 0 Å². The first-order chi connectivity index (χ1) is 17.2. The van der Waals surface area contributed by atoms with Gasteiger partial charge in [0, 0.05) is 25.2 Å². The summed E-state index contributed by atoms with van der Waals surface area (Å²) in [5.41, 5.74) is 2.51. The smallest absolute Gasteiger partial charge is 0.267 e. The predicted molar refractivity (Wildman–Crippen MR) is 133 cm³/mol. The Morgan fingerprint density at radius 3 is 2.57 bits per heavy atom. The van der Waals surface area contributed by atoms with Crippen LogP contribution in [0.4, 0.5) is 5.95 Å². The second-order valence-corrected chi connectivity index (χ2v) is 8.68. The van der Waals surface area contributed by atoms with Crippen LogP contribution in [0.1, 0.15) is 28.8 Å². The number of aromatic nitrogens is 2. The van der Waals surface area contributed by atoms with Gasteiger partial charge in [-0.05, 0) is 60.9 Å². The average Bonchev–Trinajstić information content (AvgIpc) is 3.59. The third-order valence-corrected chi connectivity index (χ3v) is 6.41. The Balaban J connectivity index is 1.33.